The van der Waals surface area contributed by atoms with Crippen LogP contribution in [0.4, 0.5) is 0 Å². The smallest absolute Gasteiger partial charge is 0.306 e. The molecule has 1 fully saturated rings. The minimum Gasteiger partial charge on any atom is -0.466 e. The van der Waals surface area contributed by atoms with Crippen molar-refractivity contribution in [1.82, 2.24) is 5.32 Å². The third kappa shape index (κ3) is 3.77. The van der Waals surface area contributed by atoms with Gasteiger partial charge >= 0.3 is 5.97 Å². The van der Waals surface area contributed by atoms with Crippen molar-refractivity contribution in [3.8, 4) is 0 Å². The van der Waals surface area contributed by atoms with Crippen molar-refractivity contribution in [3.63, 3.8) is 0 Å². The Balaban J connectivity index is 2.23. The molecule has 1 aliphatic heterocycles. The first-order valence-corrected chi connectivity index (χ1v) is 5.11. The molecule has 0 saturated carbocycles. The van der Waals surface area contributed by atoms with Gasteiger partial charge in [-0.25, -0.2) is 0 Å². The lowest BCUT2D eigenvalue weighted by atomic mass is 9.90. The fourth-order valence-corrected chi connectivity index (χ4v) is 1.88. The molecular formula is C10H19NO2. The van der Waals surface area contributed by atoms with Crippen LogP contribution in [0.25, 0.3) is 0 Å². The Labute approximate surface area is 79.8 Å². The molecule has 2 atom stereocenters. The molecule has 0 aliphatic carbocycles. The number of carbonyl (C=O) groups is 1. The molecule has 0 amide bonds. The van der Waals surface area contributed by atoms with Gasteiger partial charge in [0.05, 0.1) is 6.61 Å². The zero-order valence-corrected chi connectivity index (χ0v) is 8.51. The summed E-state index contributed by atoms with van der Waals surface area (Å²) in [6, 6.07) is 0.549. The van der Waals surface area contributed by atoms with E-state index in [1.807, 2.05) is 6.92 Å². The van der Waals surface area contributed by atoms with Crippen LogP contribution in [0.2, 0.25) is 0 Å². The average Bonchev–Trinajstić information content (AvgIpc) is 2.04. The van der Waals surface area contributed by atoms with Crippen LogP contribution >= 0.6 is 0 Å². The molecule has 1 rings (SSSR count). The molecule has 13 heavy (non-hydrogen) atoms. The molecule has 0 aromatic heterocycles. The second kappa shape index (κ2) is 5.22. The van der Waals surface area contributed by atoms with Gasteiger partial charge in [-0.2, -0.15) is 0 Å². The van der Waals surface area contributed by atoms with E-state index in [2.05, 4.69) is 12.2 Å². The quantitative estimate of drug-likeness (QED) is 0.674. The Bertz CT molecular complexity index is 170. The summed E-state index contributed by atoms with van der Waals surface area (Å²) in [7, 11) is 0. The maximum Gasteiger partial charge on any atom is 0.306 e. The van der Waals surface area contributed by atoms with Crippen LogP contribution < -0.4 is 5.32 Å². The number of ether oxygens (including phenoxy) is 1. The molecule has 1 saturated heterocycles. The molecule has 0 spiro atoms. The van der Waals surface area contributed by atoms with Crippen LogP contribution in [0, 0.1) is 5.92 Å². The van der Waals surface area contributed by atoms with Gasteiger partial charge in [-0.3, -0.25) is 4.79 Å². The van der Waals surface area contributed by atoms with Crippen LogP contribution in [-0.4, -0.2) is 25.2 Å². The maximum atomic E-state index is 11.2. The zero-order chi connectivity index (χ0) is 9.68. The zero-order valence-electron chi connectivity index (χ0n) is 8.51. The van der Waals surface area contributed by atoms with E-state index < -0.39 is 0 Å². The standard InChI is InChI=1S/C10H19NO2/c1-3-13-10(12)7-9-4-5-11-8(2)6-9/h8-9,11H,3-7H2,1-2H3/t8-,9-/m1/s1. The summed E-state index contributed by atoms with van der Waals surface area (Å²) in [4.78, 5) is 11.2. The van der Waals surface area contributed by atoms with Crippen molar-refractivity contribution in [2.24, 2.45) is 5.92 Å². The molecule has 1 N–H and O–H groups in total. The van der Waals surface area contributed by atoms with E-state index >= 15 is 0 Å². The van der Waals surface area contributed by atoms with Crippen LogP contribution in [0.5, 0.6) is 0 Å². The summed E-state index contributed by atoms with van der Waals surface area (Å²) in [5.74, 6) is 0.483. The molecular weight excluding hydrogens is 166 g/mol. The van der Waals surface area contributed by atoms with Crippen LogP contribution in [0.15, 0.2) is 0 Å². The predicted molar refractivity (Wildman–Crippen MR) is 51.4 cm³/mol. The molecule has 0 unspecified atom stereocenters. The summed E-state index contributed by atoms with van der Waals surface area (Å²) < 4.78 is 4.92. The largest absolute Gasteiger partial charge is 0.466 e. The Morgan fingerprint density at radius 2 is 2.38 bits per heavy atom. The monoisotopic (exact) mass is 185 g/mol. The summed E-state index contributed by atoms with van der Waals surface area (Å²) in [6.45, 7) is 5.55. The number of esters is 1. The molecule has 3 nitrogen and oxygen atoms in total. The number of hydrogen-bond donors (Lipinski definition) is 1. The van der Waals surface area contributed by atoms with Gasteiger partial charge in [0.15, 0.2) is 0 Å². The van der Waals surface area contributed by atoms with E-state index in [1.54, 1.807) is 0 Å². The number of piperidine rings is 1. The summed E-state index contributed by atoms with van der Waals surface area (Å²) in [5, 5.41) is 3.37. The lowest BCUT2D eigenvalue weighted by Crippen LogP contribution is -2.36. The number of rotatable bonds is 3. The Kier molecular flexibility index (Phi) is 4.22. The van der Waals surface area contributed by atoms with E-state index in [0.717, 1.165) is 19.4 Å². The van der Waals surface area contributed by atoms with Crippen LogP contribution in [0.1, 0.15) is 33.1 Å². The van der Waals surface area contributed by atoms with Crippen molar-refractivity contribution < 1.29 is 9.53 Å². The number of carbonyl (C=O) groups excluding carboxylic acids is 1. The molecule has 0 radical (unpaired) electrons. The van der Waals surface area contributed by atoms with E-state index in [-0.39, 0.29) is 5.97 Å². The Morgan fingerprint density at radius 3 is 3.00 bits per heavy atom. The molecule has 76 valence electrons. The first-order valence-electron chi connectivity index (χ1n) is 5.11. The first kappa shape index (κ1) is 10.5. The van der Waals surface area contributed by atoms with Gasteiger partial charge in [-0.15, -0.1) is 0 Å². The second-order valence-electron chi connectivity index (χ2n) is 3.75. The molecule has 0 aromatic rings. The first-order chi connectivity index (χ1) is 6.22. The lowest BCUT2D eigenvalue weighted by molar-refractivity contribution is -0.144. The normalized spacial score (nSPS) is 28.5. The van der Waals surface area contributed by atoms with Crippen molar-refractivity contribution in [2.45, 2.75) is 39.2 Å². The fourth-order valence-electron chi connectivity index (χ4n) is 1.88. The summed E-state index contributed by atoms with van der Waals surface area (Å²) in [5.41, 5.74) is 0. The summed E-state index contributed by atoms with van der Waals surface area (Å²) >= 11 is 0. The van der Waals surface area contributed by atoms with E-state index in [0.29, 0.717) is 25.0 Å². The Hall–Kier alpha value is -0.570. The highest BCUT2D eigenvalue weighted by Gasteiger charge is 2.21. The van der Waals surface area contributed by atoms with Crippen molar-refractivity contribution in [3.05, 3.63) is 0 Å². The second-order valence-corrected chi connectivity index (χ2v) is 3.75. The van der Waals surface area contributed by atoms with Gasteiger partial charge in [0.1, 0.15) is 0 Å². The highest BCUT2D eigenvalue weighted by Crippen LogP contribution is 2.19. The highest BCUT2D eigenvalue weighted by atomic mass is 16.5. The molecule has 0 aromatic carbocycles. The van der Waals surface area contributed by atoms with E-state index in [9.17, 15) is 4.79 Å². The van der Waals surface area contributed by atoms with Gasteiger partial charge in [0.2, 0.25) is 0 Å². The topological polar surface area (TPSA) is 38.3 Å². The van der Waals surface area contributed by atoms with Crippen molar-refractivity contribution in [1.29, 1.82) is 0 Å². The maximum absolute atomic E-state index is 11.2. The average molecular weight is 185 g/mol. The number of nitrogens with one attached hydrogen (secondary N) is 1. The minimum atomic E-state index is -0.0402. The molecule has 1 heterocycles. The third-order valence-corrected chi connectivity index (χ3v) is 2.49. The minimum absolute atomic E-state index is 0.0402. The van der Waals surface area contributed by atoms with E-state index in [4.69, 9.17) is 4.74 Å². The predicted octanol–water partition coefficient (Wildman–Crippen LogP) is 1.33. The van der Waals surface area contributed by atoms with Crippen LogP contribution in [-0.2, 0) is 9.53 Å². The van der Waals surface area contributed by atoms with E-state index in [1.165, 1.54) is 0 Å². The van der Waals surface area contributed by atoms with Crippen molar-refractivity contribution in [2.75, 3.05) is 13.2 Å². The summed E-state index contributed by atoms with van der Waals surface area (Å²) in [6.07, 6.45) is 2.79. The van der Waals surface area contributed by atoms with Crippen molar-refractivity contribution >= 4 is 5.97 Å². The fraction of sp³-hybridized carbons (Fsp3) is 0.900. The van der Waals surface area contributed by atoms with Crippen LogP contribution in [0.3, 0.4) is 0 Å². The highest BCUT2D eigenvalue weighted by molar-refractivity contribution is 5.69. The van der Waals surface area contributed by atoms with Gasteiger partial charge in [-0.05, 0) is 39.2 Å². The Morgan fingerprint density at radius 1 is 1.62 bits per heavy atom. The third-order valence-electron chi connectivity index (χ3n) is 2.49. The lowest BCUT2D eigenvalue weighted by Gasteiger charge is -2.27. The van der Waals surface area contributed by atoms with Gasteiger partial charge < -0.3 is 10.1 Å². The molecule has 3 heteroatoms. The van der Waals surface area contributed by atoms with Gasteiger partial charge in [0, 0.05) is 12.5 Å². The molecule has 0 bridgehead atoms. The number of hydrogen-bond acceptors (Lipinski definition) is 3. The SMILES string of the molecule is CCOC(=O)C[C@@H]1CCN[C@H](C)C1. The molecule has 1 aliphatic rings. The van der Waals surface area contributed by atoms with Gasteiger partial charge in [0.25, 0.3) is 0 Å². The van der Waals surface area contributed by atoms with Gasteiger partial charge in [-0.1, -0.05) is 0 Å².